The lowest BCUT2D eigenvalue weighted by atomic mass is 9.88. The van der Waals surface area contributed by atoms with E-state index in [1.807, 2.05) is 121 Å². The zero-order chi connectivity index (χ0) is 41.0. The third kappa shape index (κ3) is 12.0. The van der Waals surface area contributed by atoms with Crippen LogP contribution in [0.2, 0.25) is 5.02 Å². The molecule has 5 aromatic rings. The number of nitrogens with zero attached hydrogens (tertiary/aromatic N) is 2. The minimum Gasteiger partial charge on any atom is -0.457 e. The van der Waals surface area contributed by atoms with Gasteiger partial charge in [0, 0.05) is 21.7 Å². The van der Waals surface area contributed by atoms with Crippen molar-refractivity contribution in [2.75, 3.05) is 0 Å². The summed E-state index contributed by atoms with van der Waals surface area (Å²) in [6.45, 7) is 15.6. The second-order valence-electron chi connectivity index (χ2n) is 14.9. The summed E-state index contributed by atoms with van der Waals surface area (Å²) in [5.74, 6) is -0.222. The van der Waals surface area contributed by atoms with Gasteiger partial charge in [-0.05, 0) is 119 Å². The fourth-order valence-corrected chi connectivity index (χ4v) is 6.12. The number of ether oxygens (including phenoxy) is 2. The number of carbonyl (C=O) groups is 3. The monoisotopic (exact) mass is 771 g/mol. The number of hydrogen-bond donors (Lipinski definition) is 1. The average Bonchev–Trinajstić information content (AvgIpc) is 3.16. The fraction of sp³-hybridized carbons (Fsp3) is 0.277. The molecule has 0 saturated carbocycles. The lowest BCUT2D eigenvalue weighted by molar-refractivity contribution is -0.150. The molecule has 0 bridgehead atoms. The summed E-state index contributed by atoms with van der Waals surface area (Å²) in [7, 11) is 0. The summed E-state index contributed by atoms with van der Waals surface area (Å²) in [5, 5.41) is 11.7. The molecule has 9 heteroatoms. The van der Waals surface area contributed by atoms with Crippen LogP contribution in [-0.4, -0.2) is 28.3 Å². The number of aryl methyl sites for hydroxylation is 3. The van der Waals surface area contributed by atoms with Crippen LogP contribution in [0.25, 0.3) is 0 Å². The summed E-state index contributed by atoms with van der Waals surface area (Å²) < 4.78 is 11.4. The van der Waals surface area contributed by atoms with Crippen molar-refractivity contribution >= 4 is 29.4 Å². The molecule has 5 aromatic carbocycles. The van der Waals surface area contributed by atoms with Crippen LogP contribution < -0.4 is 10.2 Å². The normalized spacial score (nSPS) is 11.9. The van der Waals surface area contributed by atoms with Crippen molar-refractivity contribution in [1.29, 1.82) is 5.26 Å². The highest BCUT2D eigenvalue weighted by molar-refractivity contribution is 6.30. The number of carbonyl (C=O) groups excluding carboxylic acids is 3. The highest BCUT2D eigenvalue weighted by Crippen LogP contribution is 2.31. The number of halogens is 1. The molecule has 0 fully saturated rings. The summed E-state index contributed by atoms with van der Waals surface area (Å²) in [6, 6.07) is 38.7. The van der Waals surface area contributed by atoms with E-state index in [-0.39, 0.29) is 17.7 Å². The first-order chi connectivity index (χ1) is 26.6. The Hall–Kier alpha value is -5.91. The topological polar surface area (TPSA) is 109 Å². The number of hydrogen-bond acceptors (Lipinski definition) is 6. The van der Waals surface area contributed by atoms with Crippen molar-refractivity contribution in [2.45, 2.75) is 79.4 Å². The molecule has 5 rings (SSSR count). The molecule has 0 aliphatic rings. The van der Waals surface area contributed by atoms with Crippen LogP contribution in [0.15, 0.2) is 121 Å². The number of nitriles is 1. The van der Waals surface area contributed by atoms with Crippen molar-refractivity contribution in [3.8, 4) is 17.6 Å². The van der Waals surface area contributed by atoms with Crippen LogP contribution in [0.3, 0.4) is 0 Å². The number of benzene rings is 5. The molecule has 1 N–H and O–H groups in total. The molecule has 290 valence electrons. The number of para-hydroxylation sites is 1. The Bertz CT molecular complexity index is 2120. The first kappa shape index (κ1) is 42.8. The summed E-state index contributed by atoms with van der Waals surface area (Å²) in [4.78, 5) is 38.7. The number of nitrogens with one attached hydrogen (secondary N) is 1. The zero-order valence-electron chi connectivity index (χ0n) is 33.3. The van der Waals surface area contributed by atoms with Gasteiger partial charge in [0.1, 0.15) is 17.6 Å². The summed E-state index contributed by atoms with van der Waals surface area (Å²) >= 11 is 5.96. The maximum absolute atomic E-state index is 13.1. The van der Waals surface area contributed by atoms with E-state index in [2.05, 4.69) is 18.4 Å². The number of amides is 2. The van der Waals surface area contributed by atoms with E-state index in [1.54, 1.807) is 48.5 Å². The second-order valence-corrected chi connectivity index (χ2v) is 15.3. The molecule has 0 heterocycles. The van der Waals surface area contributed by atoms with Gasteiger partial charge in [-0.3, -0.25) is 19.8 Å². The minimum atomic E-state index is -1.04. The maximum Gasteiger partial charge on any atom is 0.315 e. The minimum absolute atomic E-state index is 0.00855. The second kappa shape index (κ2) is 19.6. The Morgan fingerprint density at radius 3 is 1.93 bits per heavy atom. The van der Waals surface area contributed by atoms with E-state index in [0.29, 0.717) is 33.2 Å². The molecule has 0 spiro atoms. The van der Waals surface area contributed by atoms with Crippen molar-refractivity contribution in [2.24, 2.45) is 5.92 Å². The van der Waals surface area contributed by atoms with Gasteiger partial charge in [-0.15, -0.1) is 0 Å². The fourth-order valence-electron chi connectivity index (χ4n) is 6.00. The predicted octanol–water partition coefficient (Wildman–Crippen LogP) is 11.1. The van der Waals surface area contributed by atoms with Crippen LogP contribution in [0.5, 0.6) is 11.5 Å². The Labute approximate surface area is 336 Å². The molecule has 0 aliphatic heterocycles. The third-order valence-electron chi connectivity index (χ3n) is 8.82. The van der Waals surface area contributed by atoms with E-state index in [9.17, 15) is 19.6 Å². The average molecular weight is 772 g/mol. The highest BCUT2D eigenvalue weighted by Gasteiger charge is 2.31. The van der Waals surface area contributed by atoms with Gasteiger partial charge < -0.3 is 9.47 Å². The van der Waals surface area contributed by atoms with Gasteiger partial charge in [-0.2, -0.15) is 5.26 Å². The van der Waals surface area contributed by atoms with Crippen LogP contribution >= 0.6 is 11.6 Å². The smallest absolute Gasteiger partial charge is 0.315 e. The van der Waals surface area contributed by atoms with E-state index in [4.69, 9.17) is 21.1 Å². The number of esters is 1. The Morgan fingerprint density at radius 1 is 0.768 bits per heavy atom. The molecular weight excluding hydrogens is 722 g/mol. The number of hydrazine groups is 1. The summed E-state index contributed by atoms with van der Waals surface area (Å²) in [6.07, 6.45) is -0.119. The molecule has 0 radical (unpaired) electrons. The third-order valence-corrected chi connectivity index (χ3v) is 9.07. The van der Waals surface area contributed by atoms with E-state index >= 15 is 0 Å². The molecule has 0 saturated heterocycles. The van der Waals surface area contributed by atoms with E-state index < -0.39 is 23.5 Å². The van der Waals surface area contributed by atoms with Crippen LogP contribution in [0, 0.1) is 31.1 Å². The molecular formula is C47H50ClN3O5. The van der Waals surface area contributed by atoms with Gasteiger partial charge in [0.25, 0.3) is 11.8 Å². The first-order valence-corrected chi connectivity index (χ1v) is 19.0. The quantitative estimate of drug-likeness (QED) is 0.112. The van der Waals surface area contributed by atoms with Crippen molar-refractivity contribution in [3.05, 3.63) is 165 Å². The number of rotatable bonds is 10. The van der Waals surface area contributed by atoms with Gasteiger partial charge >= 0.3 is 5.97 Å². The van der Waals surface area contributed by atoms with Crippen molar-refractivity contribution < 1.29 is 23.9 Å². The van der Waals surface area contributed by atoms with E-state index in [1.165, 1.54) is 10.6 Å². The van der Waals surface area contributed by atoms with Crippen molar-refractivity contribution in [3.63, 3.8) is 0 Å². The predicted molar refractivity (Wildman–Crippen MR) is 222 cm³/mol. The van der Waals surface area contributed by atoms with Gasteiger partial charge in [0.05, 0.1) is 11.5 Å². The highest BCUT2D eigenvalue weighted by atomic mass is 35.5. The molecule has 0 unspecified atom stereocenters. The van der Waals surface area contributed by atoms with Gasteiger partial charge in [0.2, 0.25) is 6.10 Å². The molecule has 0 aliphatic carbocycles. The lowest BCUT2D eigenvalue weighted by Gasteiger charge is -2.35. The Balaban J connectivity index is 0.000000251. The molecule has 0 aromatic heterocycles. The van der Waals surface area contributed by atoms with Gasteiger partial charge in [0.15, 0.2) is 0 Å². The Morgan fingerprint density at radius 2 is 1.38 bits per heavy atom. The molecule has 2 amide bonds. The van der Waals surface area contributed by atoms with Crippen molar-refractivity contribution in [1.82, 2.24) is 10.4 Å². The van der Waals surface area contributed by atoms with Crippen LogP contribution in [-0.2, 0) is 16.0 Å². The lowest BCUT2D eigenvalue weighted by Crippen LogP contribution is -2.55. The van der Waals surface area contributed by atoms with Crippen LogP contribution in [0.4, 0.5) is 0 Å². The summed E-state index contributed by atoms with van der Waals surface area (Å²) in [5.41, 5.74) is 7.89. The zero-order valence-corrected chi connectivity index (χ0v) is 34.1. The Kier molecular flexibility index (Phi) is 15.0. The molecule has 56 heavy (non-hydrogen) atoms. The maximum atomic E-state index is 13.1. The van der Waals surface area contributed by atoms with Gasteiger partial charge in [-0.25, -0.2) is 5.01 Å². The molecule has 2 atom stereocenters. The SMILES string of the molecule is CC(C)[C@H](C(=O)O[C@H](C#N)c1cccc(Oc2ccccc2)c1)c1ccc(Cl)cc1.CCc1ccc(C(=O)NN(C(=O)c2cc(C)cc(C)c2)C(C)(C)C)cc1. The first-order valence-electron chi connectivity index (χ1n) is 18.6. The van der Waals surface area contributed by atoms with E-state index in [0.717, 1.165) is 23.1 Å². The molecule has 8 nitrogen and oxygen atoms in total. The van der Waals surface area contributed by atoms with Crippen LogP contribution in [0.1, 0.15) is 102 Å². The largest absolute Gasteiger partial charge is 0.457 e. The standard InChI is InChI=1S/C25H22ClNO3.C22H28N2O2/c1-17(2)24(18-11-13-20(26)14-12-18)25(28)30-23(16-27)19-7-6-10-22(15-19)29-21-8-4-3-5-9-21;1-7-17-8-10-18(11-9-17)20(25)23-24(22(4,5)6)21(26)19-13-15(2)12-16(3)14-19/h3-15,17,23-24H,1-2H3;8-14H,7H2,1-6H3,(H,23,25)/t23-,24+;/m1./s1. The van der Waals surface area contributed by atoms with Gasteiger partial charge in [-0.1, -0.05) is 104 Å².